The summed E-state index contributed by atoms with van der Waals surface area (Å²) in [5, 5.41) is 7.66. The fourth-order valence-electron chi connectivity index (χ4n) is 3.76. The lowest BCUT2D eigenvalue weighted by atomic mass is 10.0. The van der Waals surface area contributed by atoms with Gasteiger partial charge in [0.2, 0.25) is 5.91 Å². The van der Waals surface area contributed by atoms with Crippen molar-refractivity contribution in [2.75, 3.05) is 43.6 Å². The molecule has 1 amide bonds. The fourth-order valence-corrected chi connectivity index (χ4v) is 4.31. The Morgan fingerprint density at radius 2 is 2.30 bits per heavy atom. The largest absolute Gasteiger partial charge is 0.383 e. The summed E-state index contributed by atoms with van der Waals surface area (Å²) in [6, 6.07) is 0.424. The standard InChI is InChI=1S/C19H26BrN5O2/c1-27-8-6-21-13-3-2-7-25(11-13)17-14(20)9-22-18-16(17)15(10-23-18)24-19(26)12-4-5-12/h9-10,12-13,21H,2-8,11H2,1H3,(H,22,23)(H,24,26). The lowest BCUT2D eigenvalue weighted by molar-refractivity contribution is -0.117. The quantitative estimate of drug-likeness (QED) is 0.582. The second-order valence-electron chi connectivity index (χ2n) is 7.38. The maximum atomic E-state index is 12.3. The minimum atomic E-state index is 0.111. The molecule has 3 heterocycles. The number of carbonyl (C=O) groups excluding carboxylic acids is 1. The molecule has 1 aliphatic heterocycles. The Bertz CT molecular complexity index is 820. The Morgan fingerprint density at radius 3 is 3.07 bits per heavy atom. The van der Waals surface area contributed by atoms with E-state index in [1.807, 2.05) is 12.4 Å². The molecular weight excluding hydrogens is 410 g/mol. The van der Waals surface area contributed by atoms with Crippen LogP contribution in [-0.4, -0.2) is 55.3 Å². The number of ether oxygens (including phenoxy) is 1. The van der Waals surface area contributed by atoms with Gasteiger partial charge in [0.15, 0.2) is 0 Å². The lowest BCUT2D eigenvalue weighted by Crippen LogP contribution is -2.46. The van der Waals surface area contributed by atoms with Crippen LogP contribution in [0.4, 0.5) is 11.4 Å². The van der Waals surface area contributed by atoms with Gasteiger partial charge in [-0.25, -0.2) is 4.98 Å². The van der Waals surface area contributed by atoms with Crippen molar-refractivity contribution in [2.45, 2.75) is 31.7 Å². The van der Waals surface area contributed by atoms with Crippen molar-refractivity contribution >= 4 is 44.2 Å². The van der Waals surface area contributed by atoms with Gasteiger partial charge in [0, 0.05) is 51.1 Å². The van der Waals surface area contributed by atoms with Gasteiger partial charge in [0.05, 0.1) is 27.8 Å². The molecule has 2 aliphatic rings. The summed E-state index contributed by atoms with van der Waals surface area (Å²) in [7, 11) is 1.73. The number of aromatic amines is 1. The van der Waals surface area contributed by atoms with Crippen molar-refractivity contribution in [1.29, 1.82) is 0 Å². The summed E-state index contributed by atoms with van der Waals surface area (Å²) in [6.45, 7) is 3.48. The number of carbonyl (C=O) groups is 1. The van der Waals surface area contributed by atoms with Crippen molar-refractivity contribution in [1.82, 2.24) is 15.3 Å². The van der Waals surface area contributed by atoms with Crippen molar-refractivity contribution in [3.8, 4) is 0 Å². The van der Waals surface area contributed by atoms with Crippen LogP contribution >= 0.6 is 15.9 Å². The number of hydrogen-bond acceptors (Lipinski definition) is 5. The summed E-state index contributed by atoms with van der Waals surface area (Å²) in [5.74, 6) is 0.280. The average Bonchev–Trinajstić information content (AvgIpc) is 3.45. The Morgan fingerprint density at radius 1 is 1.44 bits per heavy atom. The molecule has 0 bridgehead atoms. The molecule has 0 radical (unpaired) electrons. The zero-order valence-electron chi connectivity index (χ0n) is 15.6. The first-order valence-electron chi connectivity index (χ1n) is 9.61. The third-order valence-corrected chi connectivity index (χ3v) is 5.89. The van der Waals surface area contributed by atoms with Gasteiger partial charge in [-0.1, -0.05) is 0 Å². The second-order valence-corrected chi connectivity index (χ2v) is 8.23. The van der Waals surface area contributed by atoms with Gasteiger partial charge in [-0.15, -0.1) is 0 Å². The molecule has 7 nitrogen and oxygen atoms in total. The molecule has 1 saturated carbocycles. The molecule has 8 heteroatoms. The first-order valence-corrected chi connectivity index (χ1v) is 10.4. The highest BCUT2D eigenvalue weighted by molar-refractivity contribution is 9.10. The van der Waals surface area contributed by atoms with E-state index in [2.05, 4.69) is 41.4 Å². The highest BCUT2D eigenvalue weighted by atomic mass is 79.9. The number of hydrogen-bond donors (Lipinski definition) is 3. The van der Waals surface area contributed by atoms with Crippen LogP contribution in [-0.2, 0) is 9.53 Å². The Balaban J connectivity index is 1.60. The Hall–Kier alpha value is -1.64. The molecule has 27 heavy (non-hydrogen) atoms. The molecule has 2 fully saturated rings. The van der Waals surface area contributed by atoms with E-state index in [4.69, 9.17) is 4.74 Å². The average molecular weight is 436 g/mol. The maximum Gasteiger partial charge on any atom is 0.227 e. The molecule has 0 aromatic carbocycles. The highest BCUT2D eigenvalue weighted by Gasteiger charge is 2.31. The summed E-state index contributed by atoms with van der Waals surface area (Å²) in [5.41, 5.74) is 2.72. The van der Waals surface area contributed by atoms with Crippen molar-refractivity contribution in [3.05, 3.63) is 16.9 Å². The number of H-pyrrole nitrogens is 1. The first kappa shape index (κ1) is 18.7. The molecule has 0 spiro atoms. The molecule has 1 atom stereocenters. The summed E-state index contributed by atoms with van der Waals surface area (Å²) >= 11 is 3.69. The molecular formula is C19H26BrN5O2. The van der Waals surface area contributed by atoms with E-state index in [1.165, 1.54) is 0 Å². The van der Waals surface area contributed by atoms with E-state index in [0.29, 0.717) is 6.04 Å². The Kier molecular flexibility index (Phi) is 5.66. The van der Waals surface area contributed by atoms with Crippen LogP contribution in [0.1, 0.15) is 25.7 Å². The summed E-state index contributed by atoms with van der Waals surface area (Å²) in [6.07, 6.45) is 7.95. The van der Waals surface area contributed by atoms with Gasteiger partial charge in [-0.3, -0.25) is 4.79 Å². The maximum absolute atomic E-state index is 12.3. The van der Waals surface area contributed by atoms with E-state index >= 15 is 0 Å². The molecule has 1 unspecified atom stereocenters. The van der Waals surface area contributed by atoms with E-state index in [-0.39, 0.29) is 11.8 Å². The van der Waals surface area contributed by atoms with E-state index in [1.54, 1.807) is 7.11 Å². The van der Waals surface area contributed by atoms with Crippen LogP contribution in [0.15, 0.2) is 16.9 Å². The molecule has 1 saturated heterocycles. The SMILES string of the molecule is COCCNC1CCCN(c2c(Br)cnc3[nH]cc(NC(=O)C4CC4)c23)C1. The minimum absolute atomic E-state index is 0.111. The third kappa shape index (κ3) is 4.12. The van der Waals surface area contributed by atoms with Crippen LogP contribution in [0.5, 0.6) is 0 Å². The van der Waals surface area contributed by atoms with Crippen LogP contribution in [0.2, 0.25) is 0 Å². The number of piperidine rings is 1. The number of pyridine rings is 1. The molecule has 2 aromatic rings. The smallest absolute Gasteiger partial charge is 0.227 e. The third-order valence-electron chi connectivity index (χ3n) is 5.31. The van der Waals surface area contributed by atoms with Crippen molar-refractivity contribution < 1.29 is 9.53 Å². The first-order chi connectivity index (χ1) is 13.2. The molecule has 146 valence electrons. The summed E-state index contributed by atoms with van der Waals surface area (Å²) in [4.78, 5) is 22.4. The van der Waals surface area contributed by atoms with Gasteiger partial charge in [0.1, 0.15) is 5.65 Å². The second kappa shape index (κ2) is 8.16. The van der Waals surface area contributed by atoms with Crippen molar-refractivity contribution in [3.63, 3.8) is 0 Å². The van der Waals surface area contributed by atoms with E-state index in [0.717, 1.165) is 78.8 Å². The monoisotopic (exact) mass is 435 g/mol. The number of amides is 1. The Labute approximate surface area is 167 Å². The van der Waals surface area contributed by atoms with E-state index in [9.17, 15) is 4.79 Å². The van der Waals surface area contributed by atoms with Crippen LogP contribution in [0, 0.1) is 5.92 Å². The van der Waals surface area contributed by atoms with Crippen LogP contribution in [0.3, 0.4) is 0 Å². The van der Waals surface area contributed by atoms with Gasteiger partial charge < -0.3 is 25.3 Å². The molecule has 3 N–H and O–H groups in total. The number of aromatic nitrogens is 2. The zero-order valence-corrected chi connectivity index (χ0v) is 17.1. The van der Waals surface area contributed by atoms with Crippen LogP contribution < -0.4 is 15.5 Å². The topological polar surface area (TPSA) is 82.3 Å². The number of rotatable bonds is 7. The van der Waals surface area contributed by atoms with Gasteiger partial charge in [-0.2, -0.15) is 0 Å². The minimum Gasteiger partial charge on any atom is -0.383 e. The number of nitrogens with zero attached hydrogens (tertiary/aromatic N) is 2. The number of nitrogens with one attached hydrogen (secondary N) is 3. The molecule has 1 aliphatic carbocycles. The predicted octanol–water partition coefficient (Wildman–Crippen LogP) is 2.88. The number of methoxy groups -OCH3 is 1. The normalized spacial score (nSPS) is 20.2. The zero-order chi connectivity index (χ0) is 18.8. The summed E-state index contributed by atoms with van der Waals surface area (Å²) < 4.78 is 6.10. The highest BCUT2D eigenvalue weighted by Crippen LogP contribution is 2.39. The van der Waals surface area contributed by atoms with Gasteiger partial charge >= 0.3 is 0 Å². The molecule has 4 rings (SSSR count). The van der Waals surface area contributed by atoms with Gasteiger partial charge in [0.25, 0.3) is 0 Å². The number of halogens is 1. The van der Waals surface area contributed by atoms with Gasteiger partial charge in [-0.05, 0) is 41.6 Å². The number of fused-ring (bicyclic) bond motifs is 1. The molecule has 2 aromatic heterocycles. The number of anilines is 2. The van der Waals surface area contributed by atoms with Crippen LogP contribution in [0.25, 0.3) is 11.0 Å². The van der Waals surface area contributed by atoms with Crippen molar-refractivity contribution in [2.24, 2.45) is 5.92 Å². The fraction of sp³-hybridized carbons (Fsp3) is 0.579. The van der Waals surface area contributed by atoms with E-state index < -0.39 is 0 Å². The predicted molar refractivity (Wildman–Crippen MR) is 110 cm³/mol. The lowest BCUT2D eigenvalue weighted by Gasteiger charge is -2.36.